The van der Waals surface area contributed by atoms with Crippen LogP contribution < -0.4 is 0 Å². The highest BCUT2D eigenvalue weighted by Crippen LogP contribution is 2.18. The van der Waals surface area contributed by atoms with E-state index in [-0.39, 0.29) is 6.08 Å². The Balaban J connectivity index is 2.75. The van der Waals surface area contributed by atoms with Gasteiger partial charge in [-0.2, -0.15) is 13.2 Å². The van der Waals surface area contributed by atoms with Crippen molar-refractivity contribution >= 4 is 6.08 Å². The average Bonchev–Trinajstić information content (AvgIpc) is 2.02. The quantitative estimate of drug-likeness (QED) is 0.595. The minimum Gasteiger partial charge on any atom is -0.207 e. The Morgan fingerprint density at radius 1 is 1.00 bits per heavy atom. The molecule has 0 unspecified atom stereocenters. The standard InChI is InChI=1S/C9H6F4/c10-8-3-1-7(2-4-8)5-6-9(11,12)13/h1-6H/b6-5+. The second-order valence-electron chi connectivity index (χ2n) is 2.43. The maximum absolute atomic E-state index is 12.3. The summed E-state index contributed by atoms with van der Waals surface area (Å²) in [6, 6.07) is 4.77. The number of rotatable bonds is 1. The summed E-state index contributed by atoms with van der Waals surface area (Å²) in [4.78, 5) is 0. The molecule has 0 N–H and O–H groups in total. The lowest BCUT2D eigenvalue weighted by atomic mass is 10.2. The van der Waals surface area contributed by atoms with E-state index in [4.69, 9.17) is 0 Å². The lowest BCUT2D eigenvalue weighted by Crippen LogP contribution is -2.00. The Bertz CT molecular complexity index is 294. The average molecular weight is 190 g/mol. The Kier molecular flexibility index (Phi) is 2.70. The number of halogens is 4. The zero-order valence-corrected chi connectivity index (χ0v) is 6.48. The first-order valence-electron chi connectivity index (χ1n) is 3.49. The second-order valence-corrected chi connectivity index (χ2v) is 2.43. The molecule has 0 spiro atoms. The Labute approximate surface area is 72.5 Å². The molecule has 0 aliphatic carbocycles. The van der Waals surface area contributed by atoms with Crippen molar-refractivity contribution in [3.05, 3.63) is 41.7 Å². The van der Waals surface area contributed by atoms with Crippen LogP contribution in [0.1, 0.15) is 5.56 Å². The van der Waals surface area contributed by atoms with Crippen LogP contribution in [0, 0.1) is 5.82 Å². The first kappa shape index (κ1) is 9.77. The minimum absolute atomic E-state index is 0.111. The zero-order valence-electron chi connectivity index (χ0n) is 6.48. The van der Waals surface area contributed by atoms with Gasteiger partial charge in [-0.15, -0.1) is 0 Å². The van der Waals surface area contributed by atoms with E-state index in [0.29, 0.717) is 5.56 Å². The van der Waals surface area contributed by atoms with Crippen molar-refractivity contribution in [2.45, 2.75) is 6.18 Å². The highest BCUT2D eigenvalue weighted by atomic mass is 19.4. The third kappa shape index (κ3) is 3.73. The van der Waals surface area contributed by atoms with E-state index in [9.17, 15) is 17.6 Å². The fourth-order valence-electron chi connectivity index (χ4n) is 0.765. The fourth-order valence-corrected chi connectivity index (χ4v) is 0.765. The van der Waals surface area contributed by atoms with E-state index in [0.717, 1.165) is 18.2 Å². The minimum atomic E-state index is -4.33. The summed E-state index contributed by atoms with van der Waals surface area (Å²) in [7, 11) is 0. The summed E-state index contributed by atoms with van der Waals surface area (Å²) >= 11 is 0. The van der Waals surface area contributed by atoms with Crippen LogP contribution in [-0.2, 0) is 0 Å². The van der Waals surface area contributed by atoms with Crippen LogP contribution in [0.3, 0.4) is 0 Å². The molecule has 0 saturated heterocycles. The van der Waals surface area contributed by atoms with Gasteiger partial charge in [0.25, 0.3) is 0 Å². The van der Waals surface area contributed by atoms with E-state index in [2.05, 4.69) is 0 Å². The summed E-state index contributed by atoms with van der Waals surface area (Å²) in [6.07, 6.45) is -3.33. The van der Waals surface area contributed by atoms with E-state index in [1.54, 1.807) is 0 Å². The molecule has 4 heteroatoms. The molecule has 0 heterocycles. The highest BCUT2D eigenvalue weighted by molar-refractivity contribution is 5.49. The monoisotopic (exact) mass is 190 g/mol. The topological polar surface area (TPSA) is 0 Å². The molecule has 0 radical (unpaired) electrons. The van der Waals surface area contributed by atoms with Crippen molar-refractivity contribution in [1.82, 2.24) is 0 Å². The number of hydrogen-bond acceptors (Lipinski definition) is 0. The fraction of sp³-hybridized carbons (Fsp3) is 0.111. The molecule has 1 aromatic carbocycles. The first-order valence-corrected chi connectivity index (χ1v) is 3.49. The van der Waals surface area contributed by atoms with Crippen LogP contribution in [0.4, 0.5) is 17.6 Å². The van der Waals surface area contributed by atoms with Gasteiger partial charge in [-0.1, -0.05) is 18.2 Å². The van der Waals surface area contributed by atoms with Crippen molar-refractivity contribution < 1.29 is 17.6 Å². The summed E-state index contributed by atoms with van der Waals surface area (Å²) < 4.78 is 47.3. The number of benzene rings is 1. The Morgan fingerprint density at radius 2 is 1.54 bits per heavy atom. The largest absolute Gasteiger partial charge is 0.409 e. The lowest BCUT2D eigenvalue weighted by Gasteiger charge is -1.97. The molecule has 1 aromatic rings. The van der Waals surface area contributed by atoms with Gasteiger partial charge >= 0.3 is 6.18 Å². The van der Waals surface area contributed by atoms with Gasteiger partial charge in [0, 0.05) is 6.08 Å². The molecule has 1 rings (SSSR count). The molecule has 0 aliphatic heterocycles. The van der Waals surface area contributed by atoms with Gasteiger partial charge in [0.15, 0.2) is 0 Å². The van der Waals surface area contributed by atoms with Crippen molar-refractivity contribution in [3.8, 4) is 0 Å². The van der Waals surface area contributed by atoms with E-state index >= 15 is 0 Å². The molecule has 0 bridgehead atoms. The molecule has 0 nitrogen and oxygen atoms in total. The summed E-state index contributed by atoms with van der Waals surface area (Å²) in [6.45, 7) is 0. The van der Waals surface area contributed by atoms with Gasteiger partial charge in [0.1, 0.15) is 5.82 Å². The second kappa shape index (κ2) is 3.60. The van der Waals surface area contributed by atoms with Crippen LogP contribution in [0.2, 0.25) is 0 Å². The molecular weight excluding hydrogens is 184 g/mol. The van der Waals surface area contributed by atoms with Crippen molar-refractivity contribution in [1.29, 1.82) is 0 Å². The molecule has 0 aliphatic rings. The zero-order chi connectivity index (χ0) is 9.90. The van der Waals surface area contributed by atoms with Crippen LogP contribution in [0.5, 0.6) is 0 Å². The molecule has 0 fully saturated rings. The smallest absolute Gasteiger partial charge is 0.207 e. The van der Waals surface area contributed by atoms with Gasteiger partial charge in [-0.05, 0) is 17.7 Å². The summed E-state index contributed by atoms with van der Waals surface area (Å²) in [5.41, 5.74) is 0.318. The Hall–Kier alpha value is -1.32. The number of hydrogen-bond donors (Lipinski definition) is 0. The maximum Gasteiger partial charge on any atom is 0.409 e. The van der Waals surface area contributed by atoms with Gasteiger partial charge < -0.3 is 0 Å². The third-order valence-corrected chi connectivity index (χ3v) is 1.33. The number of alkyl halides is 3. The lowest BCUT2D eigenvalue weighted by molar-refractivity contribution is -0.0790. The SMILES string of the molecule is Fc1ccc(/C=C/C(F)(F)F)cc1. The predicted molar refractivity (Wildman–Crippen MR) is 41.5 cm³/mol. The molecule has 0 atom stereocenters. The van der Waals surface area contributed by atoms with Gasteiger partial charge in [-0.3, -0.25) is 0 Å². The van der Waals surface area contributed by atoms with Crippen molar-refractivity contribution in [2.75, 3.05) is 0 Å². The number of allylic oxidation sites excluding steroid dienone is 1. The summed E-state index contributed by atoms with van der Waals surface area (Å²) in [5.74, 6) is -0.468. The Morgan fingerprint density at radius 3 is 2.00 bits per heavy atom. The van der Waals surface area contributed by atoms with Crippen LogP contribution >= 0.6 is 0 Å². The normalized spacial score (nSPS) is 12.3. The van der Waals surface area contributed by atoms with Crippen LogP contribution in [-0.4, -0.2) is 6.18 Å². The third-order valence-electron chi connectivity index (χ3n) is 1.33. The first-order chi connectivity index (χ1) is 5.97. The predicted octanol–water partition coefficient (Wildman–Crippen LogP) is 3.40. The molecule has 13 heavy (non-hydrogen) atoms. The molecule has 70 valence electrons. The molecule has 0 aromatic heterocycles. The van der Waals surface area contributed by atoms with Crippen LogP contribution in [0.25, 0.3) is 6.08 Å². The van der Waals surface area contributed by atoms with E-state index < -0.39 is 12.0 Å². The van der Waals surface area contributed by atoms with Gasteiger partial charge in [-0.25, -0.2) is 4.39 Å². The highest BCUT2D eigenvalue weighted by Gasteiger charge is 2.21. The maximum atomic E-state index is 12.3. The molecule has 0 saturated carbocycles. The van der Waals surface area contributed by atoms with Crippen molar-refractivity contribution in [3.63, 3.8) is 0 Å². The van der Waals surface area contributed by atoms with E-state index in [1.807, 2.05) is 0 Å². The molecular formula is C9H6F4. The van der Waals surface area contributed by atoms with Crippen molar-refractivity contribution in [2.24, 2.45) is 0 Å². The van der Waals surface area contributed by atoms with Gasteiger partial charge in [0.2, 0.25) is 0 Å². The summed E-state index contributed by atoms with van der Waals surface area (Å²) in [5, 5.41) is 0. The van der Waals surface area contributed by atoms with Crippen LogP contribution in [0.15, 0.2) is 30.3 Å². The van der Waals surface area contributed by atoms with Gasteiger partial charge in [0.05, 0.1) is 0 Å². The van der Waals surface area contributed by atoms with E-state index in [1.165, 1.54) is 12.1 Å². The molecule has 0 amide bonds.